The van der Waals surface area contributed by atoms with Crippen LogP contribution < -0.4 is 0 Å². The average molecular weight is 260 g/mol. The van der Waals surface area contributed by atoms with Crippen LogP contribution in [0.2, 0.25) is 0 Å². The molecule has 0 bridgehead atoms. The summed E-state index contributed by atoms with van der Waals surface area (Å²) >= 11 is 0. The fraction of sp³-hybridized carbons (Fsp3) is 0.647. The molecule has 2 aliphatic rings. The van der Waals surface area contributed by atoms with Crippen molar-refractivity contribution in [3.63, 3.8) is 0 Å². The first kappa shape index (κ1) is 13.1. The largest absolute Gasteiger partial charge is 0.393 e. The van der Waals surface area contributed by atoms with Gasteiger partial charge in [-0.05, 0) is 55.1 Å². The molecule has 4 unspecified atom stereocenters. The number of aliphatic hydroxyl groups is 1. The summed E-state index contributed by atoms with van der Waals surface area (Å²) < 4.78 is 5.98. The molecule has 3 rings (SSSR count). The van der Waals surface area contributed by atoms with Crippen LogP contribution in [0.1, 0.15) is 49.8 Å². The summed E-state index contributed by atoms with van der Waals surface area (Å²) in [6.45, 7) is 3.12. The Labute approximate surface area is 115 Å². The first-order chi connectivity index (χ1) is 9.24. The Morgan fingerprint density at radius 2 is 2.11 bits per heavy atom. The number of ether oxygens (including phenoxy) is 1. The standard InChI is InChI=1S/C17H24O2/c1-12-6-7-16(18)14(10-12)11-17-15-5-3-2-4-13(15)8-9-19-17/h2-5,12,14,16-18H,6-11H2,1H3. The molecular formula is C17H24O2. The van der Waals surface area contributed by atoms with E-state index in [2.05, 4.69) is 31.2 Å². The zero-order valence-electron chi connectivity index (χ0n) is 11.7. The van der Waals surface area contributed by atoms with Crippen LogP contribution in [-0.2, 0) is 11.2 Å². The van der Waals surface area contributed by atoms with E-state index in [0.717, 1.165) is 38.2 Å². The summed E-state index contributed by atoms with van der Waals surface area (Å²) in [5, 5.41) is 10.2. The van der Waals surface area contributed by atoms with Crippen molar-refractivity contribution < 1.29 is 9.84 Å². The fourth-order valence-electron chi connectivity index (χ4n) is 3.68. The fourth-order valence-corrected chi connectivity index (χ4v) is 3.68. The van der Waals surface area contributed by atoms with Crippen LogP contribution >= 0.6 is 0 Å². The van der Waals surface area contributed by atoms with Crippen molar-refractivity contribution in [3.8, 4) is 0 Å². The highest BCUT2D eigenvalue weighted by molar-refractivity contribution is 5.30. The van der Waals surface area contributed by atoms with Gasteiger partial charge in [-0.2, -0.15) is 0 Å². The van der Waals surface area contributed by atoms with Crippen molar-refractivity contribution >= 4 is 0 Å². The molecule has 4 atom stereocenters. The van der Waals surface area contributed by atoms with E-state index in [0.29, 0.717) is 5.92 Å². The molecule has 104 valence electrons. The van der Waals surface area contributed by atoms with Gasteiger partial charge >= 0.3 is 0 Å². The Bertz CT molecular complexity index is 429. The van der Waals surface area contributed by atoms with Crippen LogP contribution in [0.3, 0.4) is 0 Å². The van der Waals surface area contributed by atoms with E-state index in [-0.39, 0.29) is 12.2 Å². The molecule has 0 spiro atoms. The molecule has 1 N–H and O–H groups in total. The van der Waals surface area contributed by atoms with Gasteiger partial charge in [0.15, 0.2) is 0 Å². The van der Waals surface area contributed by atoms with Gasteiger partial charge in [-0.25, -0.2) is 0 Å². The molecule has 0 amide bonds. The SMILES string of the molecule is CC1CCC(O)C(CC2OCCc3ccccc32)C1. The van der Waals surface area contributed by atoms with Gasteiger partial charge in [-0.1, -0.05) is 31.2 Å². The van der Waals surface area contributed by atoms with Gasteiger partial charge in [0.1, 0.15) is 0 Å². The van der Waals surface area contributed by atoms with E-state index in [1.165, 1.54) is 17.5 Å². The van der Waals surface area contributed by atoms with Crippen molar-refractivity contribution in [2.24, 2.45) is 11.8 Å². The molecule has 1 fully saturated rings. The third-order valence-corrected chi connectivity index (χ3v) is 4.81. The first-order valence-electron chi connectivity index (χ1n) is 7.61. The van der Waals surface area contributed by atoms with Gasteiger partial charge < -0.3 is 9.84 Å². The third-order valence-electron chi connectivity index (χ3n) is 4.81. The quantitative estimate of drug-likeness (QED) is 0.882. The van der Waals surface area contributed by atoms with Gasteiger partial charge in [0.25, 0.3) is 0 Å². The lowest BCUT2D eigenvalue weighted by molar-refractivity contribution is -0.0171. The molecule has 0 aromatic heterocycles. The summed E-state index contributed by atoms with van der Waals surface area (Å²) in [6, 6.07) is 8.61. The minimum atomic E-state index is -0.131. The molecular weight excluding hydrogens is 236 g/mol. The molecule has 1 aromatic carbocycles. The van der Waals surface area contributed by atoms with Crippen LogP contribution in [0.4, 0.5) is 0 Å². The Hall–Kier alpha value is -0.860. The van der Waals surface area contributed by atoms with Crippen LogP contribution in [-0.4, -0.2) is 17.8 Å². The van der Waals surface area contributed by atoms with Crippen molar-refractivity contribution in [2.45, 2.75) is 51.2 Å². The number of aliphatic hydroxyl groups excluding tert-OH is 1. The van der Waals surface area contributed by atoms with E-state index in [1.54, 1.807) is 0 Å². The van der Waals surface area contributed by atoms with Gasteiger partial charge in [0, 0.05) is 0 Å². The predicted molar refractivity (Wildman–Crippen MR) is 76.0 cm³/mol. The maximum absolute atomic E-state index is 10.2. The van der Waals surface area contributed by atoms with Crippen LogP contribution in [0.5, 0.6) is 0 Å². The van der Waals surface area contributed by atoms with Crippen LogP contribution in [0.25, 0.3) is 0 Å². The summed E-state index contributed by atoms with van der Waals surface area (Å²) in [6.07, 6.45) is 5.32. The second kappa shape index (κ2) is 5.64. The topological polar surface area (TPSA) is 29.5 Å². The van der Waals surface area contributed by atoms with E-state index in [1.807, 2.05) is 0 Å². The molecule has 1 heterocycles. The van der Waals surface area contributed by atoms with Crippen molar-refractivity contribution in [3.05, 3.63) is 35.4 Å². The Balaban J connectivity index is 1.73. The molecule has 0 radical (unpaired) electrons. The van der Waals surface area contributed by atoms with E-state index in [4.69, 9.17) is 4.74 Å². The zero-order chi connectivity index (χ0) is 13.2. The van der Waals surface area contributed by atoms with E-state index >= 15 is 0 Å². The molecule has 1 aromatic rings. The zero-order valence-corrected chi connectivity index (χ0v) is 11.7. The van der Waals surface area contributed by atoms with Crippen LogP contribution in [0, 0.1) is 11.8 Å². The molecule has 2 nitrogen and oxygen atoms in total. The molecule has 1 saturated carbocycles. The molecule has 1 aliphatic heterocycles. The summed E-state index contributed by atoms with van der Waals surface area (Å²) in [5.74, 6) is 1.15. The van der Waals surface area contributed by atoms with Gasteiger partial charge in [0.2, 0.25) is 0 Å². The average Bonchev–Trinajstić information content (AvgIpc) is 2.43. The number of benzene rings is 1. The minimum absolute atomic E-state index is 0.131. The second-order valence-corrected chi connectivity index (χ2v) is 6.29. The van der Waals surface area contributed by atoms with Crippen molar-refractivity contribution in [1.29, 1.82) is 0 Å². The van der Waals surface area contributed by atoms with Gasteiger partial charge in [-0.3, -0.25) is 0 Å². The Morgan fingerprint density at radius 1 is 1.26 bits per heavy atom. The monoisotopic (exact) mass is 260 g/mol. The molecule has 2 heteroatoms. The highest BCUT2D eigenvalue weighted by Gasteiger charge is 2.31. The summed E-state index contributed by atoms with van der Waals surface area (Å²) in [7, 11) is 0. The van der Waals surface area contributed by atoms with E-state index < -0.39 is 0 Å². The number of fused-ring (bicyclic) bond motifs is 1. The summed E-state index contributed by atoms with van der Waals surface area (Å²) in [5.41, 5.74) is 2.77. The lowest BCUT2D eigenvalue weighted by Crippen LogP contribution is -2.31. The number of rotatable bonds is 2. The predicted octanol–water partition coefficient (Wildman–Crippen LogP) is 3.49. The van der Waals surface area contributed by atoms with Crippen molar-refractivity contribution in [1.82, 2.24) is 0 Å². The molecule has 1 aliphatic carbocycles. The smallest absolute Gasteiger partial charge is 0.0831 e. The highest BCUT2D eigenvalue weighted by atomic mass is 16.5. The lowest BCUT2D eigenvalue weighted by atomic mass is 9.76. The second-order valence-electron chi connectivity index (χ2n) is 6.29. The Kier molecular flexibility index (Phi) is 3.90. The summed E-state index contributed by atoms with van der Waals surface area (Å²) in [4.78, 5) is 0. The Morgan fingerprint density at radius 3 is 3.00 bits per heavy atom. The van der Waals surface area contributed by atoms with Crippen LogP contribution in [0.15, 0.2) is 24.3 Å². The first-order valence-corrected chi connectivity index (χ1v) is 7.61. The number of hydrogen-bond donors (Lipinski definition) is 1. The van der Waals surface area contributed by atoms with Crippen molar-refractivity contribution in [2.75, 3.05) is 6.61 Å². The van der Waals surface area contributed by atoms with E-state index in [9.17, 15) is 5.11 Å². The lowest BCUT2D eigenvalue weighted by Gasteiger charge is -2.35. The highest BCUT2D eigenvalue weighted by Crippen LogP contribution is 2.38. The minimum Gasteiger partial charge on any atom is -0.393 e. The molecule has 19 heavy (non-hydrogen) atoms. The maximum Gasteiger partial charge on any atom is 0.0831 e. The molecule has 0 saturated heterocycles. The van der Waals surface area contributed by atoms with Gasteiger partial charge in [0.05, 0.1) is 18.8 Å². The maximum atomic E-state index is 10.2. The number of hydrogen-bond acceptors (Lipinski definition) is 2. The van der Waals surface area contributed by atoms with Gasteiger partial charge in [-0.15, -0.1) is 0 Å². The third kappa shape index (κ3) is 2.85. The normalized spacial score (nSPS) is 34.8.